The van der Waals surface area contributed by atoms with Crippen molar-refractivity contribution in [3.8, 4) is 0 Å². The van der Waals surface area contributed by atoms with Crippen LogP contribution in [0, 0.1) is 17.6 Å². The summed E-state index contributed by atoms with van der Waals surface area (Å²) < 4.78 is 31.8. The highest BCUT2D eigenvalue weighted by molar-refractivity contribution is 5.85. The molecule has 1 saturated heterocycles. The van der Waals surface area contributed by atoms with E-state index in [0.29, 0.717) is 13.2 Å². The third kappa shape index (κ3) is 4.63. The number of rotatable bonds is 4. The van der Waals surface area contributed by atoms with Crippen LogP contribution in [0.1, 0.15) is 31.4 Å². The van der Waals surface area contributed by atoms with Gasteiger partial charge in [0, 0.05) is 24.8 Å². The lowest BCUT2D eigenvalue weighted by Gasteiger charge is -2.28. The van der Waals surface area contributed by atoms with E-state index in [4.69, 9.17) is 10.5 Å². The number of hydrogen-bond donors (Lipinski definition) is 2. The van der Waals surface area contributed by atoms with Gasteiger partial charge in [-0.15, -0.1) is 12.4 Å². The number of halogens is 3. The molecule has 1 fully saturated rings. The maximum atomic E-state index is 13.7. The van der Waals surface area contributed by atoms with Crippen molar-refractivity contribution in [2.75, 3.05) is 13.2 Å². The lowest BCUT2D eigenvalue weighted by Crippen LogP contribution is -2.47. The zero-order valence-electron chi connectivity index (χ0n) is 12.4. The predicted octanol–water partition coefficient (Wildman–Crippen LogP) is 2.32. The quantitative estimate of drug-likeness (QED) is 0.888. The van der Waals surface area contributed by atoms with Crippen LogP contribution in [-0.2, 0) is 9.53 Å². The number of ether oxygens (including phenoxy) is 1. The second-order valence-corrected chi connectivity index (χ2v) is 5.37. The van der Waals surface area contributed by atoms with E-state index in [2.05, 4.69) is 5.32 Å². The molecule has 1 aliphatic heterocycles. The van der Waals surface area contributed by atoms with Crippen molar-refractivity contribution in [2.45, 2.75) is 31.8 Å². The summed E-state index contributed by atoms with van der Waals surface area (Å²) in [5.74, 6) is -1.57. The molecule has 0 bridgehead atoms. The van der Waals surface area contributed by atoms with E-state index in [1.54, 1.807) is 6.92 Å². The second kappa shape index (κ2) is 8.41. The van der Waals surface area contributed by atoms with Gasteiger partial charge in [-0.25, -0.2) is 8.78 Å². The van der Waals surface area contributed by atoms with Gasteiger partial charge in [0.25, 0.3) is 0 Å². The minimum absolute atomic E-state index is 0. The van der Waals surface area contributed by atoms with Gasteiger partial charge in [-0.1, -0.05) is 6.07 Å². The van der Waals surface area contributed by atoms with E-state index in [-0.39, 0.29) is 29.8 Å². The average Bonchev–Trinajstić information content (AvgIpc) is 2.47. The number of carbonyl (C=O) groups excluding carboxylic acids is 1. The monoisotopic (exact) mass is 334 g/mol. The molecule has 4 nitrogen and oxygen atoms in total. The van der Waals surface area contributed by atoms with Gasteiger partial charge in [-0.2, -0.15) is 0 Å². The normalized spacial score (nSPS) is 18.2. The molecular weight excluding hydrogens is 314 g/mol. The van der Waals surface area contributed by atoms with E-state index in [1.807, 2.05) is 0 Å². The van der Waals surface area contributed by atoms with E-state index < -0.39 is 23.7 Å². The molecule has 0 aliphatic carbocycles. The maximum Gasteiger partial charge on any atom is 0.237 e. The van der Waals surface area contributed by atoms with Crippen molar-refractivity contribution < 1.29 is 18.3 Å². The first-order valence-corrected chi connectivity index (χ1v) is 7.07. The van der Waals surface area contributed by atoms with Crippen molar-refractivity contribution in [2.24, 2.45) is 11.7 Å². The van der Waals surface area contributed by atoms with Crippen molar-refractivity contribution in [3.63, 3.8) is 0 Å². The van der Waals surface area contributed by atoms with Gasteiger partial charge in [0.1, 0.15) is 11.6 Å². The molecule has 0 aromatic heterocycles. The van der Waals surface area contributed by atoms with Gasteiger partial charge >= 0.3 is 0 Å². The predicted molar refractivity (Wildman–Crippen MR) is 81.7 cm³/mol. The van der Waals surface area contributed by atoms with Crippen LogP contribution in [0.2, 0.25) is 0 Å². The molecule has 1 heterocycles. The molecule has 1 aromatic carbocycles. The molecule has 7 heteroatoms. The minimum Gasteiger partial charge on any atom is -0.381 e. The topological polar surface area (TPSA) is 64.4 Å². The Morgan fingerprint density at radius 1 is 1.36 bits per heavy atom. The lowest BCUT2D eigenvalue weighted by atomic mass is 9.91. The molecule has 22 heavy (non-hydrogen) atoms. The fourth-order valence-corrected chi connectivity index (χ4v) is 2.53. The molecule has 0 saturated carbocycles. The van der Waals surface area contributed by atoms with E-state index in [1.165, 1.54) is 12.1 Å². The van der Waals surface area contributed by atoms with Crippen LogP contribution in [0.5, 0.6) is 0 Å². The zero-order valence-corrected chi connectivity index (χ0v) is 13.2. The summed E-state index contributed by atoms with van der Waals surface area (Å²) in [5, 5.41) is 2.69. The summed E-state index contributed by atoms with van der Waals surface area (Å²) in [6, 6.07) is 2.09. The Morgan fingerprint density at radius 3 is 2.59 bits per heavy atom. The molecule has 3 N–H and O–H groups in total. The third-order valence-electron chi connectivity index (χ3n) is 3.86. The maximum absolute atomic E-state index is 13.7. The first kappa shape index (κ1) is 18.8. The summed E-state index contributed by atoms with van der Waals surface area (Å²) in [6.07, 6.45) is 1.49. The summed E-state index contributed by atoms with van der Waals surface area (Å²) in [5.41, 5.74) is 6.20. The average molecular weight is 335 g/mol. The SMILES string of the molecule is CC(NC(=O)C(N)C1CCOCC1)c1ccc(F)cc1F.Cl. The van der Waals surface area contributed by atoms with E-state index in [0.717, 1.165) is 18.9 Å². The smallest absolute Gasteiger partial charge is 0.237 e. The Balaban J connectivity index is 0.00000242. The molecule has 2 unspecified atom stereocenters. The molecule has 1 amide bonds. The summed E-state index contributed by atoms with van der Waals surface area (Å²) in [6.45, 7) is 2.85. The fraction of sp³-hybridized carbons (Fsp3) is 0.533. The molecule has 2 rings (SSSR count). The first-order chi connectivity index (χ1) is 9.99. The molecular formula is C15H21ClF2N2O2. The highest BCUT2D eigenvalue weighted by Gasteiger charge is 2.27. The Hall–Kier alpha value is -1.24. The Morgan fingerprint density at radius 2 is 2.00 bits per heavy atom. The summed E-state index contributed by atoms with van der Waals surface area (Å²) >= 11 is 0. The number of nitrogens with one attached hydrogen (secondary N) is 1. The second-order valence-electron chi connectivity index (χ2n) is 5.37. The van der Waals surface area contributed by atoms with Gasteiger partial charge in [-0.05, 0) is 31.7 Å². The van der Waals surface area contributed by atoms with Crippen LogP contribution in [-0.4, -0.2) is 25.2 Å². The molecule has 0 spiro atoms. The van der Waals surface area contributed by atoms with Crippen LogP contribution in [0.3, 0.4) is 0 Å². The largest absolute Gasteiger partial charge is 0.381 e. The van der Waals surface area contributed by atoms with Crippen LogP contribution >= 0.6 is 12.4 Å². The third-order valence-corrected chi connectivity index (χ3v) is 3.86. The number of benzene rings is 1. The molecule has 1 aromatic rings. The number of amides is 1. The number of carbonyl (C=O) groups is 1. The van der Waals surface area contributed by atoms with Crippen LogP contribution in [0.15, 0.2) is 18.2 Å². The van der Waals surface area contributed by atoms with E-state index in [9.17, 15) is 13.6 Å². The summed E-state index contributed by atoms with van der Waals surface area (Å²) in [4.78, 5) is 12.1. The van der Waals surface area contributed by atoms with Crippen molar-refractivity contribution in [1.82, 2.24) is 5.32 Å². The highest BCUT2D eigenvalue weighted by Crippen LogP contribution is 2.20. The Bertz CT molecular complexity index is 510. The first-order valence-electron chi connectivity index (χ1n) is 7.07. The Labute approximate surface area is 134 Å². The molecule has 1 aliphatic rings. The van der Waals surface area contributed by atoms with Gasteiger partial charge in [0.05, 0.1) is 12.1 Å². The van der Waals surface area contributed by atoms with Gasteiger partial charge < -0.3 is 15.8 Å². The van der Waals surface area contributed by atoms with Crippen LogP contribution in [0.25, 0.3) is 0 Å². The molecule has 124 valence electrons. The molecule has 2 atom stereocenters. The highest BCUT2D eigenvalue weighted by atomic mass is 35.5. The number of nitrogens with two attached hydrogens (primary N) is 1. The fourth-order valence-electron chi connectivity index (χ4n) is 2.53. The van der Waals surface area contributed by atoms with Gasteiger partial charge in [-0.3, -0.25) is 4.79 Å². The number of hydrogen-bond acceptors (Lipinski definition) is 3. The zero-order chi connectivity index (χ0) is 15.4. The van der Waals surface area contributed by atoms with Crippen LogP contribution in [0.4, 0.5) is 8.78 Å². The standard InChI is InChI=1S/C15H20F2N2O2.ClH/c1-9(12-3-2-11(16)8-13(12)17)19-15(20)14(18)10-4-6-21-7-5-10;/h2-3,8-10,14H,4-7,18H2,1H3,(H,19,20);1H. The minimum atomic E-state index is -0.678. The Kier molecular flexibility index (Phi) is 7.19. The summed E-state index contributed by atoms with van der Waals surface area (Å²) in [7, 11) is 0. The van der Waals surface area contributed by atoms with Crippen molar-refractivity contribution in [3.05, 3.63) is 35.4 Å². The van der Waals surface area contributed by atoms with Gasteiger partial charge in [0.2, 0.25) is 5.91 Å². The molecule has 0 radical (unpaired) electrons. The van der Waals surface area contributed by atoms with E-state index >= 15 is 0 Å². The lowest BCUT2D eigenvalue weighted by molar-refractivity contribution is -0.125. The van der Waals surface area contributed by atoms with Crippen molar-refractivity contribution in [1.29, 1.82) is 0 Å². The van der Waals surface area contributed by atoms with Crippen LogP contribution < -0.4 is 11.1 Å². The van der Waals surface area contributed by atoms with Crippen molar-refractivity contribution >= 4 is 18.3 Å². The van der Waals surface area contributed by atoms with Gasteiger partial charge in [0.15, 0.2) is 0 Å².